The Labute approximate surface area is 111 Å². The molecule has 1 aliphatic rings. The van der Waals surface area contributed by atoms with Crippen LogP contribution >= 0.6 is 0 Å². The molecule has 18 heavy (non-hydrogen) atoms. The summed E-state index contributed by atoms with van der Waals surface area (Å²) < 4.78 is 5.59. The number of rotatable bonds is 9. The van der Waals surface area contributed by atoms with E-state index in [1.165, 1.54) is 31.4 Å². The number of hydrogen-bond acceptors (Lipinski definition) is 3. The summed E-state index contributed by atoms with van der Waals surface area (Å²) in [6.07, 6.45) is 5.83. The monoisotopic (exact) mass is 250 g/mol. The maximum atomic E-state index is 5.59. The predicted octanol–water partition coefficient (Wildman–Crippen LogP) is 3.01. The molecule has 3 nitrogen and oxygen atoms in total. The van der Waals surface area contributed by atoms with E-state index in [1.807, 2.05) is 6.26 Å². The van der Waals surface area contributed by atoms with Crippen molar-refractivity contribution >= 4 is 0 Å². The van der Waals surface area contributed by atoms with Gasteiger partial charge in [-0.2, -0.15) is 0 Å². The van der Waals surface area contributed by atoms with Crippen LogP contribution in [0.3, 0.4) is 0 Å². The highest BCUT2D eigenvalue weighted by Gasteiger charge is 2.24. The van der Waals surface area contributed by atoms with Crippen LogP contribution in [-0.2, 0) is 13.1 Å². The molecule has 0 amide bonds. The Morgan fingerprint density at radius 1 is 1.39 bits per heavy atom. The molecule has 0 aromatic carbocycles. The van der Waals surface area contributed by atoms with Crippen molar-refractivity contribution in [1.29, 1.82) is 0 Å². The van der Waals surface area contributed by atoms with Gasteiger partial charge in [-0.15, -0.1) is 0 Å². The molecule has 2 rings (SSSR count). The molecule has 0 spiro atoms. The maximum Gasteiger partial charge on any atom is 0.122 e. The van der Waals surface area contributed by atoms with Crippen molar-refractivity contribution in [1.82, 2.24) is 10.2 Å². The quantitative estimate of drug-likeness (QED) is 0.683. The predicted molar refractivity (Wildman–Crippen MR) is 74.4 cm³/mol. The second-order valence-corrected chi connectivity index (χ2v) is 5.32. The van der Waals surface area contributed by atoms with Gasteiger partial charge in [-0.25, -0.2) is 0 Å². The average molecular weight is 250 g/mol. The summed E-state index contributed by atoms with van der Waals surface area (Å²) in [6.45, 7) is 9.76. The molecular formula is C15H26N2O. The highest BCUT2D eigenvalue weighted by molar-refractivity contribution is 5.16. The zero-order valence-corrected chi connectivity index (χ0v) is 11.7. The van der Waals surface area contributed by atoms with E-state index in [4.69, 9.17) is 4.42 Å². The van der Waals surface area contributed by atoms with Crippen LogP contribution in [0.15, 0.2) is 16.7 Å². The maximum absolute atomic E-state index is 5.59. The largest absolute Gasteiger partial charge is 0.468 e. The molecule has 102 valence electrons. The standard InChI is InChI=1S/C15H26N2O/c1-3-8-16-10-15-14(7-9-18-15)12-17(4-2)11-13-5-6-13/h7,9,13,16H,3-6,8,10-12H2,1-2H3. The van der Waals surface area contributed by atoms with Crippen LogP contribution in [0.2, 0.25) is 0 Å². The van der Waals surface area contributed by atoms with Crippen molar-refractivity contribution in [3.8, 4) is 0 Å². The van der Waals surface area contributed by atoms with Crippen molar-refractivity contribution in [3.05, 3.63) is 23.7 Å². The lowest BCUT2D eigenvalue weighted by atomic mass is 10.2. The van der Waals surface area contributed by atoms with Crippen LogP contribution in [0.5, 0.6) is 0 Å². The van der Waals surface area contributed by atoms with Gasteiger partial charge in [-0.3, -0.25) is 4.90 Å². The first kappa shape index (κ1) is 13.6. The molecule has 0 bridgehead atoms. The van der Waals surface area contributed by atoms with E-state index in [9.17, 15) is 0 Å². The molecule has 1 saturated carbocycles. The molecule has 1 heterocycles. The van der Waals surface area contributed by atoms with Crippen molar-refractivity contribution < 1.29 is 4.42 Å². The molecular weight excluding hydrogens is 224 g/mol. The third-order valence-electron chi connectivity index (χ3n) is 3.60. The minimum atomic E-state index is 0.858. The number of furan rings is 1. The van der Waals surface area contributed by atoms with Gasteiger partial charge in [-0.05, 0) is 44.3 Å². The van der Waals surface area contributed by atoms with Crippen LogP contribution in [0.1, 0.15) is 44.4 Å². The summed E-state index contributed by atoms with van der Waals surface area (Å²) in [4.78, 5) is 2.53. The van der Waals surface area contributed by atoms with Gasteiger partial charge >= 0.3 is 0 Å². The molecule has 1 fully saturated rings. The van der Waals surface area contributed by atoms with Crippen molar-refractivity contribution in [2.75, 3.05) is 19.6 Å². The summed E-state index contributed by atoms with van der Waals surface area (Å²) in [7, 11) is 0. The number of hydrogen-bond donors (Lipinski definition) is 1. The van der Waals surface area contributed by atoms with E-state index < -0.39 is 0 Å². The second kappa shape index (κ2) is 6.95. The third kappa shape index (κ3) is 4.14. The van der Waals surface area contributed by atoms with Crippen molar-refractivity contribution in [2.24, 2.45) is 5.92 Å². The Bertz CT molecular complexity index is 344. The van der Waals surface area contributed by atoms with Gasteiger partial charge in [0.05, 0.1) is 12.8 Å². The van der Waals surface area contributed by atoms with Gasteiger partial charge < -0.3 is 9.73 Å². The minimum Gasteiger partial charge on any atom is -0.468 e. The van der Waals surface area contributed by atoms with Crippen LogP contribution in [0, 0.1) is 5.92 Å². The smallest absolute Gasteiger partial charge is 0.122 e. The minimum absolute atomic E-state index is 0.858. The highest BCUT2D eigenvalue weighted by Crippen LogP contribution is 2.30. The van der Waals surface area contributed by atoms with Gasteiger partial charge in [0, 0.05) is 18.7 Å². The first-order valence-corrected chi connectivity index (χ1v) is 7.31. The highest BCUT2D eigenvalue weighted by atomic mass is 16.3. The molecule has 1 aliphatic carbocycles. The first-order chi connectivity index (χ1) is 8.83. The van der Waals surface area contributed by atoms with E-state index in [1.54, 1.807) is 0 Å². The summed E-state index contributed by atoms with van der Waals surface area (Å²) in [5, 5.41) is 3.41. The molecule has 3 heteroatoms. The van der Waals surface area contributed by atoms with Crippen LogP contribution in [0.25, 0.3) is 0 Å². The van der Waals surface area contributed by atoms with Gasteiger partial charge in [0.1, 0.15) is 5.76 Å². The fraction of sp³-hybridized carbons (Fsp3) is 0.733. The fourth-order valence-corrected chi connectivity index (χ4v) is 2.25. The zero-order valence-electron chi connectivity index (χ0n) is 11.7. The molecule has 0 radical (unpaired) electrons. The van der Waals surface area contributed by atoms with Crippen molar-refractivity contribution in [2.45, 2.75) is 46.2 Å². The summed E-state index contributed by atoms with van der Waals surface area (Å²) in [6, 6.07) is 2.12. The Balaban J connectivity index is 1.84. The molecule has 0 atom stereocenters. The van der Waals surface area contributed by atoms with Crippen LogP contribution in [-0.4, -0.2) is 24.5 Å². The molecule has 0 saturated heterocycles. The molecule has 1 N–H and O–H groups in total. The lowest BCUT2D eigenvalue weighted by Gasteiger charge is -2.20. The Hall–Kier alpha value is -0.800. The van der Waals surface area contributed by atoms with Gasteiger partial charge in [-0.1, -0.05) is 13.8 Å². The Morgan fingerprint density at radius 3 is 2.89 bits per heavy atom. The lowest BCUT2D eigenvalue weighted by Crippen LogP contribution is -2.26. The number of nitrogens with one attached hydrogen (secondary N) is 1. The lowest BCUT2D eigenvalue weighted by molar-refractivity contribution is 0.266. The number of nitrogens with zero attached hydrogens (tertiary/aromatic N) is 1. The van der Waals surface area contributed by atoms with Gasteiger partial charge in [0.2, 0.25) is 0 Å². The Kier molecular flexibility index (Phi) is 5.26. The topological polar surface area (TPSA) is 28.4 Å². The van der Waals surface area contributed by atoms with E-state index in [2.05, 4.69) is 30.1 Å². The van der Waals surface area contributed by atoms with E-state index >= 15 is 0 Å². The van der Waals surface area contributed by atoms with Crippen molar-refractivity contribution in [3.63, 3.8) is 0 Å². The normalized spacial score (nSPS) is 15.5. The van der Waals surface area contributed by atoms with E-state index in [0.717, 1.165) is 37.9 Å². The van der Waals surface area contributed by atoms with Gasteiger partial charge in [0.25, 0.3) is 0 Å². The molecule has 0 unspecified atom stereocenters. The summed E-state index contributed by atoms with van der Waals surface area (Å²) in [5.41, 5.74) is 1.35. The SMILES string of the molecule is CCCNCc1occc1CN(CC)CC1CC1. The van der Waals surface area contributed by atoms with Gasteiger partial charge in [0.15, 0.2) is 0 Å². The Morgan fingerprint density at radius 2 is 2.22 bits per heavy atom. The molecule has 1 aromatic rings. The molecule has 0 aliphatic heterocycles. The molecule has 1 aromatic heterocycles. The van der Waals surface area contributed by atoms with Crippen LogP contribution in [0.4, 0.5) is 0 Å². The third-order valence-corrected chi connectivity index (χ3v) is 3.60. The average Bonchev–Trinajstić information content (AvgIpc) is 3.09. The second-order valence-electron chi connectivity index (χ2n) is 5.32. The summed E-state index contributed by atoms with van der Waals surface area (Å²) in [5.74, 6) is 2.07. The fourth-order valence-electron chi connectivity index (χ4n) is 2.25. The first-order valence-electron chi connectivity index (χ1n) is 7.31. The van der Waals surface area contributed by atoms with E-state index in [-0.39, 0.29) is 0 Å². The summed E-state index contributed by atoms with van der Waals surface area (Å²) >= 11 is 0. The van der Waals surface area contributed by atoms with Crippen LogP contribution < -0.4 is 5.32 Å². The zero-order chi connectivity index (χ0) is 12.8. The van der Waals surface area contributed by atoms with E-state index in [0.29, 0.717) is 0 Å².